The van der Waals surface area contributed by atoms with Gasteiger partial charge >= 0.3 is 0 Å². The molecule has 0 aromatic carbocycles. The molecule has 0 atom stereocenters. The van der Waals surface area contributed by atoms with Crippen LogP contribution in [-0.2, 0) is 0 Å². The molecule has 4 heteroatoms. The predicted molar refractivity (Wildman–Crippen MR) is 74.4 cm³/mol. The lowest BCUT2D eigenvalue weighted by atomic mass is 10.2. The Kier molecular flexibility index (Phi) is 6.16. The molecule has 0 aliphatic rings. The zero-order valence-electron chi connectivity index (χ0n) is 11.5. The van der Waals surface area contributed by atoms with Crippen molar-refractivity contribution >= 4 is 5.82 Å². The van der Waals surface area contributed by atoms with E-state index in [-0.39, 0.29) is 0 Å². The Morgan fingerprint density at radius 3 is 2.83 bits per heavy atom. The second-order valence-corrected chi connectivity index (χ2v) is 4.73. The van der Waals surface area contributed by atoms with Crippen molar-refractivity contribution in [2.75, 3.05) is 25.5 Å². The van der Waals surface area contributed by atoms with E-state index in [2.05, 4.69) is 36.1 Å². The van der Waals surface area contributed by atoms with E-state index in [1.165, 1.54) is 6.42 Å². The molecule has 0 aliphatic carbocycles. The summed E-state index contributed by atoms with van der Waals surface area (Å²) in [5.74, 6) is 0.784. The molecule has 1 aromatic rings. The van der Waals surface area contributed by atoms with Gasteiger partial charge < -0.3 is 10.2 Å². The molecular formula is C14H22N4. The predicted octanol–water partition coefficient (Wildman–Crippen LogP) is 2.49. The van der Waals surface area contributed by atoms with Crippen molar-refractivity contribution in [3.05, 3.63) is 23.9 Å². The minimum absolute atomic E-state index is 0.458. The van der Waals surface area contributed by atoms with Crippen LogP contribution in [0, 0.1) is 11.3 Å². The molecule has 0 saturated heterocycles. The van der Waals surface area contributed by atoms with Gasteiger partial charge in [0.2, 0.25) is 0 Å². The maximum absolute atomic E-state index is 8.74. The zero-order chi connectivity index (χ0) is 13.4. The molecular weight excluding hydrogens is 224 g/mol. The zero-order valence-corrected chi connectivity index (χ0v) is 11.5. The number of unbranched alkanes of at least 4 members (excludes halogenated alkanes) is 1. The molecule has 1 heterocycles. The first-order chi connectivity index (χ1) is 8.63. The number of hydrogen-bond acceptors (Lipinski definition) is 4. The molecule has 0 bridgehead atoms. The minimum Gasteiger partial charge on any atom is -0.370 e. The Morgan fingerprint density at radius 1 is 1.39 bits per heavy atom. The van der Waals surface area contributed by atoms with Gasteiger partial charge in [0, 0.05) is 12.6 Å². The Labute approximate surface area is 110 Å². The Bertz CT molecular complexity index is 395. The van der Waals surface area contributed by atoms with Crippen molar-refractivity contribution in [1.29, 1.82) is 5.26 Å². The highest BCUT2D eigenvalue weighted by Crippen LogP contribution is 2.04. The van der Waals surface area contributed by atoms with E-state index in [1.54, 1.807) is 6.07 Å². The number of nitrogens with one attached hydrogen (secondary N) is 1. The van der Waals surface area contributed by atoms with Gasteiger partial charge in [-0.05, 0) is 52.4 Å². The summed E-state index contributed by atoms with van der Waals surface area (Å²) in [4.78, 5) is 6.51. The largest absolute Gasteiger partial charge is 0.370 e. The highest BCUT2D eigenvalue weighted by molar-refractivity contribution is 5.38. The second-order valence-electron chi connectivity index (χ2n) is 4.73. The molecule has 0 saturated carbocycles. The van der Waals surface area contributed by atoms with E-state index in [4.69, 9.17) is 5.26 Å². The summed E-state index contributed by atoms with van der Waals surface area (Å²) in [5, 5.41) is 12.0. The van der Waals surface area contributed by atoms with E-state index in [0.717, 1.165) is 25.3 Å². The molecule has 18 heavy (non-hydrogen) atoms. The Hall–Kier alpha value is -1.60. The Morgan fingerprint density at radius 2 is 2.17 bits per heavy atom. The van der Waals surface area contributed by atoms with E-state index >= 15 is 0 Å². The summed E-state index contributed by atoms with van der Waals surface area (Å²) in [5.41, 5.74) is 0.458. The van der Waals surface area contributed by atoms with Crippen LogP contribution >= 0.6 is 0 Å². The van der Waals surface area contributed by atoms with Crippen molar-refractivity contribution in [1.82, 2.24) is 9.88 Å². The van der Waals surface area contributed by atoms with Gasteiger partial charge in [0.05, 0.1) is 0 Å². The summed E-state index contributed by atoms with van der Waals surface area (Å²) in [6.45, 7) is 6.42. The molecule has 4 nitrogen and oxygen atoms in total. The first kappa shape index (κ1) is 14.5. The quantitative estimate of drug-likeness (QED) is 0.751. The molecule has 0 radical (unpaired) electrons. The Balaban J connectivity index is 2.20. The number of pyridine rings is 1. The minimum atomic E-state index is 0.458. The highest BCUT2D eigenvalue weighted by atomic mass is 15.1. The standard InChI is InChI=1S/C14H22N4/c1-12(2)18(3)10-5-4-9-16-14-8-6-7-13(11-15)17-14/h6-8,12H,4-5,9-10H2,1-3H3,(H,16,17). The lowest BCUT2D eigenvalue weighted by Gasteiger charge is -2.20. The molecule has 1 N–H and O–H groups in total. The van der Waals surface area contributed by atoms with Crippen LogP contribution in [0.1, 0.15) is 32.4 Å². The van der Waals surface area contributed by atoms with Crippen LogP contribution < -0.4 is 5.32 Å². The number of aromatic nitrogens is 1. The smallest absolute Gasteiger partial charge is 0.142 e. The highest BCUT2D eigenvalue weighted by Gasteiger charge is 2.02. The first-order valence-corrected chi connectivity index (χ1v) is 6.44. The average Bonchev–Trinajstić information content (AvgIpc) is 2.38. The summed E-state index contributed by atoms with van der Waals surface area (Å²) >= 11 is 0. The fourth-order valence-electron chi connectivity index (χ4n) is 1.56. The van der Waals surface area contributed by atoms with Crippen molar-refractivity contribution < 1.29 is 0 Å². The topological polar surface area (TPSA) is 52.0 Å². The third-order valence-corrected chi connectivity index (χ3v) is 2.99. The monoisotopic (exact) mass is 246 g/mol. The van der Waals surface area contributed by atoms with Gasteiger partial charge in [0.1, 0.15) is 17.6 Å². The van der Waals surface area contributed by atoms with Crippen molar-refractivity contribution in [3.8, 4) is 6.07 Å². The third kappa shape index (κ3) is 5.15. The summed E-state index contributed by atoms with van der Waals surface area (Å²) in [7, 11) is 2.15. The number of hydrogen-bond donors (Lipinski definition) is 1. The van der Waals surface area contributed by atoms with E-state index in [0.29, 0.717) is 11.7 Å². The first-order valence-electron chi connectivity index (χ1n) is 6.44. The van der Waals surface area contributed by atoms with Crippen molar-refractivity contribution in [2.24, 2.45) is 0 Å². The average molecular weight is 246 g/mol. The molecule has 0 fully saturated rings. The van der Waals surface area contributed by atoms with Crippen LogP contribution in [0.15, 0.2) is 18.2 Å². The summed E-state index contributed by atoms with van der Waals surface area (Å²) < 4.78 is 0. The van der Waals surface area contributed by atoms with Crippen LogP contribution in [0.25, 0.3) is 0 Å². The van der Waals surface area contributed by atoms with Crippen molar-refractivity contribution in [3.63, 3.8) is 0 Å². The van der Waals surface area contributed by atoms with Crippen LogP contribution in [0.5, 0.6) is 0 Å². The normalized spacial score (nSPS) is 10.7. The van der Waals surface area contributed by atoms with Gasteiger partial charge in [-0.2, -0.15) is 5.26 Å². The maximum atomic E-state index is 8.74. The van der Waals surface area contributed by atoms with Crippen molar-refractivity contribution in [2.45, 2.75) is 32.7 Å². The van der Waals surface area contributed by atoms with Crippen LogP contribution in [0.3, 0.4) is 0 Å². The molecule has 98 valence electrons. The number of anilines is 1. The third-order valence-electron chi connectivity index (χ3n) is 2.99. The lowest BCUT2D eigenvalue weighted by Crippen LogP contribution is -2.27. The fourth-order valence-corrected chi connectivity index (χ4v) is 1.56. The molecule has 1 rings (SSSR count). The van der Waals surface area contributed by atoms with E-state index in [1.807, 2.05) is 18.2 Å². The van der Waals surface area contributed by atoms with E-state index in [9.17, 15) is 0 Å². The van der Waals surface area contributed by atoms with Gasteiger partial charge in [-0.3, -0.25) is 0 Å². The van der Waals surface area contributed by atoms with Gasteiger partial charge in [-0.1, -0.05) is 6.07 Å². The van der Waals surface area contributed by atoms with Gasteiger partial charge in [-0.15, -0.1) is 0 Å². The van der Waals surface area contributed by atoms with Crippen LogP contribution in [-0.4, -0.2) is 36.1 Å². The fraction of sp³-hybridized carbons (Fsp3) is 0.571. The summed E-state index contributed by atoms with van der Waals surface area (Å²) in [6, 6.07) is 8.09. The van der Waals surface area contributed by atoms with Gasteiger partial charge in [-0.25, -0.2) is 4.98 Å². The molecule has 0 unspecified atom stereocenters. The summed E-state index contributed by atoms with van der Waals surface area (Å²) in [6.07, 6.45) is 2.27. The molecule has 0 amide bonds. The van der Waals surface area contributed by atoms with Crippen LogP contribution in [0.4, 0.5) is 5.82 Å². The van der Waals surface area contributed by atoms with Gasteiger partial charge in [0.25, 0.3) is 0 Å². The number of rotatable bonds is 7. The van der Waals surface area contributed by atoms with E-state index < -0.39 is 0 Å². The number of nitrogens with zero attached hydrogens (tertiary/aromatic N) is 3. The molecule has 0 spiro atoms. The van der Waals surface area contributed by atoms with Gasteiger partial charge in [0.15, 0.2) is 0 Å². The molecule has 0 aliphatic heterocycles. The SMILES string of the molecule is CC(C)N(C)CCCCNc1cccc(C#N)n1. The second kappa shape index (κ2) is 7.67. The number of nitriles is 1. The maximum Gasteiger partial charge on any atom is 0.142 e. The lowest BCUT2D eigenvalue weighted by molar-refractivity contribution is 0.269. The molecule has 1 aromatic heterocycles. The van der Waals surface area contributed by atoms with Crippen LogP contribution in [0.2, 0.25) is 0 Å².